The molecule has 2 atom stereocenters. The summed E-state index contributed by atoms with van der Waals surface area (Å²) in [6.45, 7) is 8.37. The van der Waals surface area contributed by atoms with Gasteiger partial charge in [0.25, 0.3) is 5.91 Å². The molecule has 0 aromatic carbocycles. The average molecular weight is 455 g/mol. The Kier molecular flexibility index (Phi) is 5.53. The van der Waals surface area contributed by atoms with Crippen molar-refractivity contribution in [3.63, 3.8) is 0 Å². The number of likely N-dealkylation sites (tertiary alicyclic amines) is 1. The van der Waals surface area contributed by atoms with Crippen LogP contribution >= 0.6 is 0 Å². The van der Waals surface area contributed by atoms with Crippen LogP contribution in [0.15, 0.2) is 12.4 Å². The summed E-state index contributed by atoms with van der Waals surface area (Å²) in [4.78, 5) is 36.9. The van der Waals surface area contributed by atoms with Gasteiger partial charge in [-0.1, -0.05) is 0 Å². The van der Waals surface area contributed by atoms with Crippen LogP contribution in [0.5, 0.6) is 0 Å². The lowest BCUT2D eigenvalue weighted by Gasteiger charge is -2.37. The minimum Gasteiger partial charge on any atom is -0.384 e. The molecule has 176 valence electrons. The molecule has 33 heavy (non-hydrogen) atoms. The van der Waals surface area contributed by atoms with E-state index in [1.807, 2.05) is 0 Å². The zero-order valence-electron chi connectivity index (χ0n) is 19.1. The van der Waals surface area contributed by atoms with Crippen LogP contribution in [-0.2, 0) is 16.0 Å². The largest absolute Gasteiger partial charge is 0.384 e. The number of rotatable bonds is 4. The van der Waals surface area contributed by atoms with E-state index in [4.69, 9.17) is 20.4 Å². The number of amides is 1. The fraction of sp³-hybridized carbons (Fsp3) is 0.591. The van der Waals surface area contributed by atoms with Crippen LogP contribution in [-0.4, -0.2) is 93.4 Å². The molecule has 0 aliphatic carbocycles. The van der Waals surface area contributed by atoms with Gasteiger partial charge in [0, 0.05) is 56.2 Å². The number of carbonyl (C=O) groups excluding carboxylic acids is 1. The van der Waals surface area contributed by atoms with Crippen LogP contribution in [0.1, 0.15) is 25.8 Å². The first kappa shape index (κ1) is 21.8. The Balaban J connectivity index is 1.54. The third-order valence-corrected chi connectivity index (χ3v) is 6.83. The highest BCUT2D eigenvalue weighted by molar-refractivity contribution is 5.81. The number of ether oxygens (including phenoxy) is 1. The van der Waals surface area contributed by atoms with Crippen molar-refractivity contribution in [2.45, 2.75) is 38.3 Å². The molecule has 2 aromatic heterocycles. The normalized spacial score (nSPS) is 23.7. The van der Waals surface area contributed by atoms with E-state index >= 15 is 0 Å². The Bertz CT molecular complexity index is 1040. The molecular weight excluding hydrogens is 424 g/mol. The van der Waals surface area contributed by atoms with Crippen molar-refractivity contribution < 1.29 is 14.6 Å². The number of aliphatic hydroxyl groups excluding tert-OH is 1. The second-order valence-corrected chi connectivity index (χ2v) is 9.19. The number of aromatic nitrogens is 4. The number of fused-ring (bicyclic) bond motifs is 1. The second kappa shape index (κ2) is 8.38. The lowest BCUT2D eigenvalue weighted by atomic mass is 9.99. The third kappa shape index (κ3) is 3.95. The molecule has 11 nitrogen and oxygen atoms in total. The second-order valence-electron chi connectivity index (χ2n) is 9.19. The molecule has 11 heteroatoms. The van der Waals surface area contributed by atoms with E-state index in [9.17, 15) is 9.90 Å². The highest BCUT2D eigenvalue weighted by Crippen LogP contribution is 2.41. The minimum absolute atomic E-state index is 0.223. The Morgan fingerprint density at radius 2 is 1.91 bits per heavy atom. The first-order valence-corrected chi connectivity index (χ1v) is 11.4. The number of nitrogens with zero attached hydrogens (tertiary/aromatic N) is 7. The van der Waals surface area contributed by atoms with Crippen molar-refractivity contribution in [2.24, 2.45) is 0 Å². The van der Waals surface area contributed by atoms with Gasteiger partial charge in [-0.3, -0.25) is 4.79 Å². The van der Waals surface area contributed by atoms with E-state index in [2.05, 4.69) is 26.7 Å². The molecule has 0 radical (unpaired) electrons. The van der Waals surface area contributed by atoms with Gasteiger partial charge in [0.15, 0.2) is 0 Å². The number of hydrogen-bond acceptors (Lipinski definition) is 10. The van der Waals surface area contributed by atoms with Crippen LogP contribution in [0.2, 0.25) is 0 Å². The first-order chi connectivity index (χ1) is 15.9. The predicted octanol–water partition coefficient (Wildman–Crippen LogP) is 0.0867. The van der Waals surface area contributed by atoms with Crippen molar-refractivity contribution in [1.82, 2.24) is 24.8 Å². The van der Waals surface area contributed by atoms with E-state index in [-0.39, 0.29) is 17.4 Å². The van der Waals surface area contributed by atoms with Crippen molar-refractivity contribution in [2.75, 3.05) is 61.5 Å². The molecule has 5 rings (SSSR count). The molecule has 2 saturated heterocycles. The third-order valence-electron chi connectivity index (χ3n) is 6.83. The minimum atomic E-state index is -0.995. The fourth-order valence-electron chi connectivity index (χ4n) is 4.99. The summed E-state index contributed by atoms with van der Waals surface area (Å²) in [5, 5.41) is 9.78. The molecule has 0 bridgehead atoms. The Morgan fingerprint density at radius 1 is 1.18 bits per heavy atom. The van der Waals surface area contributed by atoms with Crippen LogP contribution in [0.3, 0.4) is 0 Å². The Hall–Kier alpha value is -3.05. The molecule has 3 aliphatic heterocycles. The number of aliphatic hydroxyl groups is 1. The zero-order chi connectivity index (χ0) is 23.2. The van der Waals surface area contributed by atoms with Crippen molar-refractivity contribution in [3.8, 4) is 11.3 Å². The van der Waals surface area contributed by atoms with Gasteiger partial charge in [0.1, 0.15) is 11.9 Å². The van der Waals surface area contributed by atoms with Gasteiger partial charge in [-0.25, -0.2) is 15.0 Å². The number of anilines is 3. The van der Waals surface area contributed by atoms with Gasteiger partial charge < -0.3 is 30.3 Å². The zero-order valence-corrected chi connectivity index (χ0v) is 19.1. The number of carbonyl (C=O) groups is 1. The van der Waals surface area contributed by atoms with E-state index < -0.39 is 6.10 Å². The predicted molar refractivity (Wildman–Crippen MR) is 123 cm³/mol. The Morgan fingerprint density at radius 3 is 2.61 bits per heavy atom. The summed E-state index contributed by atoms with van der Waals surface area (Å²) < 4.78 is 5.51. The maximum Gasteiger partial charge on any atom is 0.251 e. The van der Waals surface area contributed by atoms with Crippen molar-refractivity contribution in [3.05, 3.63) is 18.0 Å². The lowest BCUT2D eigenvalue weighted by Crippen LogP contribution is -2.49. The summed E-state index contributed by atoms with van der Waals surface area (Å²) in [6, 6.07) is 0. The van der Waals surface area contributed by atoms with E-state index in [1.54, 1.807) is 17.3 Å². The molecule has 2 aromatic rings. The summed E-state index contributed by atoms with van der Waals surface area (Å²) in [5.74, 6) is 1.55. The molecule has 5 heterocycles. The number of nitrogen functional groups attached to an aromatic ring is 1. The number of hydrogen-bond donors (Lipinski definition) is 2. The summed E-state index contributed by atoms with van der Waals surface area (Å²) >= 11 is 0. The van der Waals surface area contributed by atoms with Gasteiger partial charge in [0.05, 0.1) is 24.4 Å². The van der Waals surface area contributed by atoms with Gasteiger partial charge in [-0.05, 0) is 26.7 Å². The van der Waals surface area contributed by atoms with Crippen LogP contribution < -0.4 is 15.5 Å². The monoisotopic (exact) mass is 454 g/mol. The highest BCUT2D eigenvalue weighted by atomic mass is 16.5. The van der Waals surface area contributed by atoms with Gasteiger partial charge in [-0.15, -0.1) is 0 Å². The van der Waals surface area contributed by atoms with Crippen LogP contribution in [0, 0.1) is 0 Å². The number of morpholine rings is 1. The first-order valence-electron chi connectivity index (χ1n) is 11.4. The van der Waals surface area contributed by atoms with Gasteiger partial charge in [0.2, 0.25) is 11.9 Å². The lowest BCUT2D eigenvalue weighted by molar-refractivity contribution is -0.138. The standard InChI is InChI=1S/C22H30N8O3/c1-14(31)19(32)29-6-4-22(2,13-29)30-5-3-16-17(15-11-24-20(23)25-12-15)26-21(27-18(16)30)28-7-9-33-10-8-28/h11-12,14,31H,3-10,13H2,1-2H3,(H2,23,24,25)/t14-,22+/m0/s1. The highest BCUT2D eigenvalue weighted by Gasteiger charge is 2.45. The average Bonchev–Trinajstić information content (AvgIpc) is 3.44. The Labute approximate surface area is 192 Å². The topological polar surface area (TPSA) is 134 Å². The summed E-state index contributed by atoms with van der Waals surface area (Å²) in [5.41, 5.74) is 8.12. The molecule has 0 unspecified atom stereocenters. The molecular formula is C22H30N8O3. The van der Waals surface area contributed by atoms with Crippen LogP contribution in [0.4, 0.5) is 17.7 Å². The fourth-order valence-corrected chi connectivity index (χ4v) is 4.99. The van der Waals surface area contributed by atoms with Crippen LogP contribution in [0.25, 0.3) is 11.3 Å². The summed E-state index contributed by atoms with van der Waals surface area (Å²) in [7, 11) is 0. The molecule has 3 N–H and O–H groups in total. The van der Waals surface area contributed by atoms with Crippen molar-refractivity contribution in [1.29, 1.82) is 0 Å². The molecule has 1 amide bonds. The smallest absolute Gasteiger partial charge is 0.251 e. The van der Waals surface area contributed by atoms with Crippen molar-refractivity contribution >= 4 is 23.6 Å². The maximum atomic E-state index is 12.4. The van der Waals surface area contributed by atoms with Gasteiger partial charge in [-0.2, -0.15) is 4.98 Å². The SMILES string of the molecule is C[C@H](O)C(=O)N1CC[C@@](C)(N2CCc3c(-c4cnc(N)nc4)nc(N4CCOCC4)nc32)C1. The molecule has 3 aliphatic rings. The molecule has 2 fully saturated rings. The summed E-state index contributed by atoms with van der Waals surface area (Å²) in [6.07, 6.45) is 4.01. The van der Waals surface area contributed by atoms with E-state index in [0.29, 0.717) is 32.3 Å². The van der Waals surface area contributed by atoms with E-state index in [0.717, 1.165) is 55.1 Å². The van der Waals surface area contributed by atoms with E-state index in [1.165, 1.54) is 6.92 Å². The molecule has 0 spiro atoms. The quantitative estimate of drug-likeness (QED) is 0.654. The maximum absolute atomic E-state index is 12.4. The molecule has 0 saturated carbocycles. The van der Waals surface area contributed by atoms with Gasteiger partial charge >= 0.3 is 0 Å². The number of nitrogens with two attached hydrogens (primary N) is 1.